The topological polar surface area (TPSA) is 29.1 Å². The van der Waals surface area contributed by atoms with Crippen LogP contribution in [0.4, 0.5) is 0 Å². The average molecular weight is 290 g/mol. The van der Waals surface area contributed by atoms with Gasteiger partial charge in [0.15, 0.2) is 0 Å². The molecule has 16 heavy (non-hydrogen) atoms. The molecule has 0 saturated heterocycles. The number of nitrogens with one attached hydrogen (secondary N) is 1. The molecule has 1 fully saturated rings. The van der Waals surface area contributed by atoms with E-state index in [2.05, 4.69) is 35.1 Å². The van der Waals surface area contributed by atoms with Crippen molar-refractivity contribution in [3.8, 4) is 0 Å². The van der Waals surface area contributed by atoms with Crippen LogP contribution < -0.4 is 5.32 Å². The van der Waals surface area contributed by atoms with Crippen molar-refractivity contribution in [3.05, 3.63) is 0 Å². The Balaban J connectivity index is 2.23. The number of carbonyl (C=O) groups excluding carboxylic acids is 1. The molecule has 3 heteroatoms. The number of alkyl halides is 1. The molecule has 0 aromatic heterocycles. The van der Waals surface area contributed by atoms with Crippen LogP contribution in [0.5, 0.6) is 0 Å². The number of hydrogen-bond acceptors (Lipinski definition) is 1. The van der Waals surface area contributed by atoms with Gasteiger partial charge in [-0.1, -0.05) is 49.0 Å². The van der Waals surface area contributed by atoms with Gasteiger partial charge < -0.3 is 5.32 Å². The highest BCUT2D eigenvalue weighted by molar-refractivity contribution is 9.09. The standard InChI is InChI=1S/C13H24BrNO/c1-11(14)7-6-10-15-12(16)13(2)8-4-3-5-9-13/h11H,3-10H2,1-2H3,(H,15,16). The predicted molar refractivity (Wildman–Crippen MR) is 71.8 cm³/mol. The van der Waals surface area contributed by atoms with Crippen molar-refractivity contribution in [1.29, 1.82) is 0 Å². The van der Waals surface area contributed by atoms with Crippen LogP contribution in [0.2, 0.25) is 0 Å². The molecule has 0 bridgehead atoms. The van der Waals surface area contributed by atoms with Gasteiger partial charge in [-0.15, -0.1) is 0 Å². The fraction of sp³-hybridized carbons (Fsp3) is 0.923. The number of rotatable bonds is 5. The lowest BCUT2D eigenvalue weighted by atomic mass is 9.75. The SMILES string of the molecule is CC(Br)CCCNC(=O)C1(C)CCCCC1. The molecular weight excluding hydrogens is 266 g/mol. The van der Waals surface area contributed by atoms with E-state index in [1.165, 1.54) is 19.3 Å². The van der Waals surface area contributed by atoms with Crippen molar-refractivity contribution in [2.75, 3.05) is 6.54 Å². The Morgan fingerprint density at radius 1 is 1.38 bits per heavy atom. The van der Waals surface area contributed by atoms with Gasteiger partial charge in [0, 0.05) is 16.8 Å². The molecule has 0 spiro atoms. The zero-order chi connectivity index (χ0) is 12.0. The molecule has 1 aliphatic rings. The van der Waals surface area contributed by atoms with E-state index in [4.69, 9.17) is 0 Å². The van der Waals surface area contributed by atoms with E-state index in [0.717, 1.165) is 32.2 Å². The lowest BCUT2D eigenvalue weighted by molar-refractivity contribution is -0.131. The molecule has 0 heterocycles. The summed E-state index contributed by atoms with van der Waals surface area (Å²) in [6.07, 6.45) is 8.03. The minimum absolute atomic E-state index is 0.0851. The summed E-state index contributed by atoms with van der Waals surface area (Å²) in [6, 6.07) is 0. The minimum atomic E-state index is -0.0851. The average Bonchev–Trinajstić information content (AvgIpc) is 2.25. The van der Waals surface area contributed by atoms with Crippen molar-refractivity contribution >= 4 is 21.8 Å². The Morgan fingerprint density at radius 3 is 2.56 bits per heavy atom. The summed E-state index contributed by atoms with van der Waals surface area (Å²) in [5.41, 5.74) is -0.0851. The lowest BCUT2D eigenvalue weighted by Gasteiger charge is -2.32. The van der Waals surface area contributed by atoms with Gasteiger partial charge in [0.25, 0.3) is 0 Å². The predicted octanol–water partition coefficient (Wildman–Crippen LogP) is 3.64. The second-order valence-electron chi connectivity index (χ2n) is 5.30. The Bertz CT molecular complexity index is 222. The maximum Gasteiger partial charge on any atom is 0.225 e. The smallest absolute Gasteiger partial charge is 0.225 e. The Kier molecular flexibility index (Phi) is 5.81. The normalized spacial score (nSPS) is 21.4. The van der Waals surface area contributed by atoms with Crippen LogP contribution in [-0.2, 0) is 4.79 Å². The highest BCUT2D eigenvalue weighted by atomic mass is 79.9. The van der Waals surface area contributed by atoms with Gasteiger partial charge in [0.05, 0.1) is 0 Å². The van der Waals surface area contributed by atoms with Crippen molar-refractivity contribution < 1.29 is 4.79 Å². The quantitative estimate of drug-likeness (QED) is 0.608. The molecule has 1 aliphatic carbocycles. The molecule has 1 atom stereocenters. The Labute approximate surface area is 108 Å². The molecule has 1 saturated carbocycles. The number of halogens is 1. The number of hydrogen-bond donors (Lipinski definition) is 1. The van der Waals surface area contributed by atoms with Gasteiger partial charge in [-0.25, -0.2) is 0 Å². The maximum absolute atomic E-state index is 12.0. The van der Waals surface area contributed by atoms with Gasteiger partial charge in [0.2, 0.25) is 5.91 Å². The van der Waals surface area contributed by atoms with Crippen LogP contribution in [-0.4, -0.2) is 17.3 Å². The summed E-state index contributed by atoms with van der Waals surface area (Å²) in [6.45, 7) is 5.09. The van der Waals surface area contributed by atoms with Gasteiger partial charge in [-0.05, 0) is 25.7 Å². The van der Waals surface area contributed by atoms with Crippen LogP contribution in [0.3, 0.4) is 0 Å². The summed E-state index contributed by atoms with van der Waals surface area (Å²) >= 11 is 3.52. The summed E-state index contributed by atoms with van der Waals surface area (Å²) in [5, 5.41) is 3.09. The molecule has 1 N–H and O–H groups in total. The fourth-order valence-corrected chi connectivity index (χ4v) is 2.68. The molecule has 0 aromatic carbocycles. The lowest BCUT2D eigenvalue weighted by Crippen LogP contribution is -2.40. The number of amides is 1. The highest BCUT2D eigenvalue weighted by Crippen LogP contribution is 2.35. The molecule has 0 aromatic rings. The van der Waals surface area contributed by atoms with E-state index >= 15 is 0 Å². The second-order valence-corrected chi connectivity index (χ2v) is 6.86. The van der Waals surface area contributed by atoms with Crippen LogP contribution in [0.1, 0.15) is 58.8 Å². The van der Waals surface area contributed by atoms with E-state index in [0.29, 0.717) is 4.83 Å². The summed E-state index contributed by atoms with van der Waals surface area (Å²) in [7, 11) is 0. The molecule has 0 radical (unpaired) electrons. The molecule has 2 nitrogen and oxygen atoms in total. The van der Waals surface area contributed by atoms with E-state index in [1.54, 1.807) is 0 Å². The van der Waals surface area contributed by atoms with Crippen molar-refractivity contribution in [3.63, 3.8) is 0 Å². The van der Waals surface area contributed by atoms with E-state index in [-0.39, 0.29) is 11.3 Å². The van der Waals surface area contributed by atoms with Crippen LogP contribution >= 0.6 is 15.9 Å². The first-order valence-corrected chi connectivity index (χ1v) is 7.38. The Hall–Kier alpha value is -0.0500. The molecule has 1 amide bonds. The second kappa shape index (κ2) is 6.63. The molecule has 1 unspecified atom stereocenters. The highest BCUT2D eigenvalue weighted by Gasteiger charge is 2.33. The van der Waals surface area contributed by atoms with E-state index < -0.39 is 0 Å². The largest absolute Gasteiger partial charge is 0.356 e. The van der Waals surface area contributed by atoms with Crippen molar-refractivity contribution in [2.24, 2.45) is 5.41 Å². The first-order valence-electron chi connectivity index (χ1n) is 6.47. The molecule has 1 rings (SSSR count). The maximum atomic E-state index is 12.0. The third kappa shape index (κ3) is 4.44. The first kappa shape index (κ1) is 14.0. The van der Waals surface area contributed by atoms with Crippen LogP contribution in [0.15, 0.2) is 0 Å². The van der Waals surface area contributed by atoms with Crippen LogP contribution in [0.25, 0.3) is 0 Å². The van der Waals surface area contributed by atoms with Crippen molar-refractivity contribution in [2.45, 2.75) is 63.6 Å². The van der Waals surface area contributed by atoms with Crippen LogP contribution in [0, 0.1) is 5.41 Å². The summed E-state index contributed by atoms with van der Waals surface area (Å²) < 4.78 is 0. The zero-order valence-electron chi connectivity index (χ0n) is 10.5. The molecular formula is C13H24BrNO. The minimum Gasteiger partial charge on any atom is -0.356 e. The summed E-state index contributed by atoms with van der Waals surface area (Å²) in [5.74, 6) is 0.273. The third-order valence-electron chi connectivity index (χ3n) is 3.57. The van der Waals surface area contributed by atoms with Gasteiger partial charge in [-0.3, -0.25) is 4.79 Å². The fourth-order valence-electron chi connectivity index (χ4n) is 2.36. The van der Waals surface area contributed by atoms with E-state index in [9.17, 15) is 4.79 Å². The molecule has 0 aliphatic heterocycles. The van der Waals surface area contributed by atoms with Gasteiger partial charge >= 0.3 is 0 Å². The van der Waals surface area contributed by atoms with Gasteiger partial charge in [-0.2, -0.15) is 0 Å². The van der Waals surface area contributed by atoms with Gasteiger partial charge in [0.1, 0.15) is 0 Å². The first-order chi connectivity index (χ1) is 7.54. The molecule has 94 valence electrons. The summed E-state index contributed by atoms with van der Waals surface area (Å²) in [4.78, 5) is 12.6. The monoisotopic (exact) mass is 289 g/mol. The van der Waals surface area contributed by atoms with Crippen molar-refractivity contribution in [1.82, 2.24) is 5.32 Å². The Morgan fingerprint density at radius 2 is 2.00 bits per heavy atom. The zero-order valence-corrected chi connectivity index (χ0v) is 12.1. The number of carbonyl (C=O) groups is 1. The van der Waals surface area contributed by atoms with E-state index in [1.807, 2.05) is 0 Å². The third-order valence-corrected chi connectivity index (χ3v) is 4.03.